The van der Waals surface area contributed by atoms with Crippen LogP contribution in [0.1, 0.15) is 12.5 Å². The number of ether oxygens (including phenoxy) is 1. The summed E-state index contributed by atoms with van der Waals surface area (Å²) in [6, 6.07) is 14.0. The molecule has 6 nitrogen and oxygen atoms in total. The highest BCUT2D eigenvalue weighted by atomic mass is 32.2. The second kappa shape index (κ2) is 7.36. The number of nitrogens with zero attached hydrogens (tertiary/aromatic N) is 5. The maximum absolute atomic E-state index is 5.24. The molecule has 0 aliphatic carbocycles. The summed E-state index contributed by atoms with van der Waals surface area (Å²) in [6.45, 7) is 4.92. The van der Waals surface area contributed by atoms with Crippen LogP contribution in [-0.4, -0.2) is 31.8 Å². The van der Waals surface area contributed by atoms with E-state index in [1.54, 1.807) is 13.4 Å². The van der Waals surface area contributed by atoms with Gasteiger partial charge in [0.1, 0.15) is 17.1 Å². The third kappa shape index (κ3) is 3.38. The number of aryl methyl sites for hydroxylation is 1. The van der Waals surface area contributed by atoms with Gasteiger partial charge in [0.05, 0.1) is 12.6 Å². The summed E-state index contributed by atoms with van der Waals surface area (Å²) in [6.07, 6.45) is 1.59. The lowest BCUT2D eigenvalue weighted by Crippen LogP contribution is -2.00. The van der Waals surface area contributed by atoms with Crippen molar-refractivity contribution in [3.8, 4) is 17.1 Å². The summed E-state index contributed by atoms with van der Waals surface area (Å²) in [4.78, 5) is 8.83. The molecule has 27 heavy (non-hydrogen) atoms. The number of fused-ring (bicyclic) bond motifs is 1. The fourth-order valence-electron chi connectivity index (χ4n) is 2.92. The molecule has 0 unspecified atom stereocenters. The van der Waals surface area contributed by atoms with Crippen molar-refractivity contribution < 1.29 is 4.74 Å². The number of benzene rings is 2. The summed E-state index contributed by atoms with van der Waals surface area (Å²) in [7, 11) is 1.66. The maximum atomic E-state index is 5.24. The molecule has 0 aliphatic heterocycles. The summed E-state index contributed by atoms with van der Waals surface area (Å²) >= 11 is 1.51. The first-order valence-corrected chi connectivity index (χ1v) is 9.48. The predicted octanol–water partition coefficient (Wildman–Crippen LogP) is 4.38. The van der Waals surface area contributed by atoms with Crippen LogP contribution in [0.25, 0.3) is 22.3 Å². The van der Waals surface area contributed by atoms with Crippen LogP contribution < -0.4 is 4.74 Å². The second-order valence-electron chi connectivity index (χ2n) is 6.08. The third-order valence-corrected chi connectivity index (χ3v) is 5.33. The molecule has 7 heteroatoms. The van der Waals surface area contributed by atoms with Crippen LogP contribution in [0.5, 0.6) is 5.75 Å². The average molecular weight is 377 g/mol. The van der Waals surface area contributed by atoms with E-state index in [0.29, 0.717) is 0 Å². The van der Waals surface area contributed by atoms with Crippen LogP contribution in [0.4, 0.5) is 0 Å². The Hall–Kier alpha value is -2.93. The molecule has 2 aromatic carbocycles. The highest BCUT2D eigenvalue weighted by Gasteiger charge is 2.16. The van der Waals surface area contributed by atoms with Gasteiger partial charge in [-0.1, -0.05) is 11.6 Å². The molecule has 0 spiro atoms. The van der Waals surface area contributed by atoms with Gasteiger partial charge in [-0.3, -0.25) is 0 Å². The van der Waals surface area contributed by atoms with Crippen molar-refractivity contribution in [3.05, 3.63) is 54.4 Å². The Labute approximate surface area is 161 Å². The average Bonchev–Trinajstić information content (AvgIpc) is 3.11. The van der Waals surface area contributed by atoms with Crippen molar-refractivity contribution in [1.29, 1.82) is 0 Å². The highest BCUT2D eigenvalue weighted by molar-refractivity contribution is 7.99. The normalized spacial score (nSPS) is 11.1. The van der Waals surface area contributed by atoms with Crippen molar-refractivity contribution >= 4 is 22.7 Å². The molecule has 4 aromatic rings. The van der Waals surface area contributed by atoms with E-state index in [-0.39, 0.29) is 0 Å². The Morgan fingerprint density at radius 3 is 2.59 bits per heavy atom. The quantitative estimate of drug-likeness (QED) is 0.481. The molecule has 0 saturated heterocycles. The van der Waals surface area contributed by atoms with Gasteiger partial charge in [-0.05, 0) is 62.0 Å². The van der Waals surface area contributed by atoms with Crippen molar-refractivity contribution in [1.82, 2.24) is 24.7 Å². The van der Waals surface area contributed by atoms with Crippen molar-refractivity contribution in [3.63, 3.8) is 0 Å². The van der Waals surface area contributed by atoms with Gasteiger partial charge in [0.2, 0.25) is 0 Å². The molecule has 2 heterocycles. The molecule has 2 aromatic heterocycles. The van der Waals surface area contributed by atoms with Crippen LogP contribution in [0, 0.1) is 6.92 Å². The molecule has 0 fully saturated rings. The summed E-state index contributed by atoms with van der Waals surface area (Å²) in [5, 5.41) is 11.5. The van der Waals surface area contributed by atoms with Gasteiger partial charge in [0, 0.05) is 17.5 Å². The topological polar surface area (TPSA) is 65.7 Å². The summed E-state index contributed by atoms with van der Waals surface area (Å²) in [5.41, 5.74) is 3.10. The van der Waals surface area contributed by atoms with Gasteiger partial charge >= 0.3 is 0 Å². The van der Waals surface area contributed by atoms with Gasteiger partial charge in [-0.2, -0.15) is 0 Å². The van der Waals surface area contributed by atoms with E-state index in [0.717, 1.165) is 44.8 Å². The van der Waals surface area contributed by atoms with Crippen LogP contribution in [0.2, 0.25) is 0 Å². The molecular formula is C20H19N5OS. The Balaban J connectivity index is 1.73. The smallest absolute Gasteiger partial charge is 0.197 e. The van der Waals surface area contributed by atoms with E-state index in [9.17, 15) is 0 Å². The first kappa shape index (κ1) is 17.5. The van der Waals surface area contributed by atoms with Crippen molar-refractivity contribution in [2.24, 2.45) is 0 Å². The number of hydrogen-bond donors (Lipinski definition) is 0. The highest BCUT2D eigenvalue weighted by Crippen LogP contribution is 2.32. The van der Waals surface area contributed by atoms with E-state index in [4.69, 9.17) is 4.74 Å². The minimum atomic E-state index is 0.763. The SMILES string of the molecule is CCn1c(Sc2ncnc3ccc(C)cc23)nnc1-c1ccc(OC)cc1. The number of aromatic nitrogens is 5. The molecule has 0 aliphatic rings. The fourth-order valence-corrected chi connectivity index (χ4v) is 3.87. The Bertz CT molecular complexity index is 1090. The first-order valence-electron chi connectivity index (χ1n) is 8.66. The fraction of sp³-hybridized carbons (Fsp3) is 0.200. The number of rotatable bonds is 5. The van der Waals surface area contributed by atoms with Crippen molar-refractivity contribution in [2.75, 3.05) is 7.11 Å². The van der Waals surface area contributed by atoms with Crippen LogP contribution in [-0.2, 0) is 6.54 Å². The number of hydrogen-bond acceptors (Lipinski definition) is 6. The minimum absolute atomic E-state index is 0.763. The molecule has 0 atom stereocenters. The zero-order valence-corrected chi connectivity index (χ0v) is 16.2. The largest absolute Gasteiger partial charge is 0.497 e. The zero-order valence-electron chi connectivity index (χ0n) is 15.4. The van der Waals surface area contributed by atoms with E-state index < -0.39 is 0 Å². The first-order chi connectivity index (χ1) is 13.2. The Morgan fingerprint density at radius 2 is 1.85 bits per heavy atom. The van der Waals surface area contributed by atoms with Gasteiger partial charge in [-0.25, -0.2) is 9.97 Å². The molecule has 0 radical (unpaired) electrons. The molecule has 4 rings (SSSR count). The number of methoxy groups -OCH3 is 1. The predicted molar refractivity (Wildman–Crippen MR) is 106 cm³/mol. The zero-order chi connectivity index (χ0) is 18.8. The maximum Gasteiger partial charge on any atom is 0.197 e. The van der Waals surface area contributed by atoms with Crippen LogP contribution >= 0.6 is 11.8 Å². The molecule has 0 saturated carbocycles. The van der Waals surface area contributed by atoms with Gasteiger partial charge in [0.15, 0.2) is 11.0 Å². The molecule has 0 bridgehead atoms. The van der Waals surface area contributed by atoms with Crippen molar-refractivity contribution in [2.45, 2.75) is 30.6 Å². The van der Waals surface area contributed by atoms with E-state index in [1.807, 2.05) is 30.3 Å². The third-order valence-electron chi connectivity index (χ3n) is 4.32. The lowest BCUT2D eigenvalue weighted by molar-refractivity contribution is 0.415. The lowest BCUT2D eigenvalue weighted by Gasteiger charge is -2.09. The Kier molecular flexibility index (Phi) is 4.77. The molecule has 0 amide bonds. The van der Waals surface area contributed by atoms with E-state index in [2.05, 4.69) is 50.7 Å². The monoisotopic (exact) mass is 377 g/mol. The lowest BCUT2D eigenvalue weighted by atomic mass is 10.2. The van der Waals surface area contributed by atoms with Crippen LogP contribution in [0.3, 0.4) is 0 Å². The van der Waals surface area contributed by atoms with Gasteiger partial charge in [-0.15, -0.1) is 10.2 Å². The second-order valence-corrected chi connectivity index (χ2v) is 7.04. The summed E-state index contributed by atoms with van der Waals surface area (Å²) in [5.74, 6) is 1.65. The van der Waals surface area contributed by atoms with Gasteiger partial charge in [0.25, 0.3) is 0 Å². The molecule has 0 N–H and O–H groups in total. The van der Waals surface area contributed by atoms with E-state index in [1.165, 1.54) is 17.3 Å². The standard InChI is InChI=1S/C20H19N5OS/c1-4-25-18(14-6-8-15(26-3)9-7-14)23-24-20(25)27-19-16-11-13(2)5-10-17(16)21-12-22-19/h5-12H,4H2,1-3H3. The minimum Gasteiger partial charge on any atom is -0.497 e. The molecule has 136 valence electrons. The summed E-state index contributed by atoms with van der Waals surface area (Å²) < 4.78 is 7.33. The molecular weight excluding hydrogens is 358 g/mol. The van der Waals surface area contributed by atoms with E-state index >= 15 is 0 Å². The Morgan fingerprint density at radius 1 is 1.04 bits per heavy atom. The van der Waals surface area contributed by atoms with Gasteiger partial charge < -0.3 is 9.30 Å². The van der Waals surface area contributed by atoms with Crippen LogP contribution in [0.15, 0.2) is 59.0 Å².